The molecule has 1 saturated heterocycles. The molecule has 1 rings (SSSR count). The lowest BCUT2D eigenvalue weighted by Gasteiger charge is -2.31. The third kappa shape index (κ3) is 5.48. The number of piperidine rings is 1. The van der Waals surface area contributed by atoms with Gasteiger partial charge in [0.05, 0.1) is 6.07 Å². The van der Waals surface area contributed by atoms with Crippen molar-refractivity contribution in [2.24, 2.45) is 5.92 Å². The van der Waals surface area contributed by atoms with Crippen LogP contribution in [0, 0.1) is 17.2 Å². The highest BCUT2D eigenvalue weighted by Gasteiger charge is 2.16. The first kappa shape index (κ1) is 13.5. The van der Waals surface area contributed by atoms with E-state index in [1.807, 2.05) is 0 Å². The molecule has 3 heteroatoms. The Labute approximate surface area is 99.8 Å². The summed E-state index contributed by atoms with van der Waals surface area (Å²) in [7, 11) is 0. The van der Waals surface area contributed by atoms with Gasteiger partial charge in [0.25, 0.3) is 0 Å². The lowest BCUT2D eigenvalue weighted by Crippen LogP contribution is -2.44. The molecule has 1 fully saturated rings. The summed E-state index contributed by atoms with van der Waals surface area (Å²) in [6, 6.07) is 2.89. The maximum atomic E-state index is 8.66. The summed E-state index contributed by atoms with van der Waals surface area (Å²) in [5.41, 5.74) is 0. The predicted octanol–water partition coefficient (Wildman–Crippen LogP) is 2.00. The van der Waals surface area contributed by atoms with E-state index in [4.69, 9.17) is 5.26 Å². The molecule has 0 bridgehead atoms. The standard InChI is InChI=1S/C13H25N3/c1-12(2)10-16(9-5-7-14)11-13-6-3-4-8-15-13/h12-13,15H,3-6,8-11H2,1-2H3. The van der Waals surface area contributed by atoms with Crippen molar-refractivity contribution in [3.05, 3.63) is 0 Å². The summed E-state index contributed by atoms with van der Waals surface area (Å²) < 4.78 is 0. The van der Waals surface area contributed by atoms with Crippen LogP contribution in [0.15, 0.2) is 0 Å². The summed E-state index contributed by atoms with van der Waals surface area (Å²) >= 11 is 0. The molecular weight excluding hydrogens is 198 g/mol. The zero-order valence-corrected chi connectivity index (χ0v) is 10.7. The van der Waals surface area contributed by atoms with Gasteiger partial charge in [-0.25, -0.2) is 0 Å². The summed E-state index contributed by atoms with van der Waals surface area (Å²) in [5, 5.41) is 12.2. The number of rotatable bonds is 6. The van der Waals surface area contributed by atoms with Gasteiger partial charge in [-0.2, -0.15) is 5.26 Å². The number of nitrogens with one attached hydrogen (secondary N) is 1. The quantitative estimate of drug-likeness (QED) is 0.748. The average Bonchev–Trinajstić information content (AvgIpc) is 2.26. The molecule has 0 radical (unpaired) electrons. The van der Waals surface area contributed by atoms with Crippen LogP contribution < -0.4 is 5.32 Å². The fourth-order valence-corrected chi connectivity index (χ4v) is 2.37. The molecule has 0 aromatic heterocycles. The third-order valence-electron chi connectivity index (χ3n) is 3.05. The second-order valence-corrected chi connectivity index (χ2v) is 5.21. The van der Waals surface area contributed by atoms with Crippen molar-refractivity contribution in [3.63, 3.8) is 0 Å². The number of nitriles is 1. The minimum absolute atomic E-state index is 0.645. The molecule has 1 heterocycles. The van der Waals surface area contributed by atoms with E-state index in [0.29, 0.717) is 18.4 Å². The zero-order chi connectivity index (χ0) is 11.8. The Kier molecular flexibility index (Phi) is 6.44. The first-order chi connectivity index (χ1) is 7.72. The Morgan fingerprint density at radius 2 is 2.25 bits per heavy atom. The monoisotopic (exact) mass is 223 g/mol. The molecule has 16 heavy (non-hydrogen) atoms. The first-order valence-corrected chi connectivity index (χ1v) is 6.55. The molecule has 1 atom stereocenters. The van der Waals surface area contributed by atoms with Crippen LogP contribution in [0.1, 0.15) is 39.5 Å². The lowest BCUT2D eigenvalue weighted by atomic mass is 10.0. The van der Waals surface area contributed by atoms with Gasteiger partial charge < -0.3 is 10.2 Å². The smallest absolute Gasteiger partial charge is 0.0635 e. The van der Waals surface area contributed by atoms with Crippen LogP contribution in [0.25, 0.3) is 0 Å². The molecule has 1 N–H and O–H groups in total. The van der Waals surface area contributed by atoms with Gasteiger partial charge in [-0.05, 0) is 25.3 Å². The fraction of sp³-hybridized carbons (Fsp3) is 0.923. The second-order valence-electron chi connectivity index (χ2n) is 5.21. The van der Waals surface area contributed by atoms with Gasteiger partial charge in [0.15, 0.2) is 0 Å². The highest BCUT2D eigenvalue weighted by atomic mass is 15.1. The van der Waals surface area contributed by atoms with Crippen molar-refractivity contribution in [1.29, 1.82) is 5.26 Å². The summed E-state index contributed by atoms with van der Waals surface area (Å²) in [6.07, 6.45) is 4.62. The molecule has 0 aromatic rings. The minimum atomic E-state index is 0.645. The van der Waals surface area contributed by atoms with Crippen LogP contribution >= 0.6 is 0 Å². The molecule has 0 amide bonds. The van der Waals surface area contributed by atoms with Crippen LogP contribution in [0.5, 0.6) is 0 Å². The summed E-state index contributed by atoms with van der Waals surface area (Å²) in [4.78, 5) is 2.44. The Morgan fingerprint density at radius 1 is 1.44 bits per heavy atom. The van der Waals surface area contributed by atoms with Gasteiger partial charge in [0, 0.05) is 32.1 Å². The van der Waals surface area contributed by atoms with Gasteiger partial charge in [-0.1, -0.05) is 20.3 Å². The maximum absolute atomic E-state index is 8.66. The van der Waals surface area contributed by atoms with E-state index < -0.39 is 0 Å². The van der Waals surface area contributed by atoms with Gasteiger partial charge in [-0.3, -0.25) is 0 Å². The fourth-order valence-electron chi connectivity index (χ4n) is 2.37. The molecule has 1 aliphatic heterocycles. The number of hydrogen-bond acceptors (Lipinski definition) is 3. The van der Waals surface area contributed by atoms with Gasteiger partial charge in [0.1, 0.15) is 0 Å². The molecule has 0 saturated carbocycles. The normalized spacial score (nSPS) is 21.3. The SMILES string of the molecule is CC(C)CN(CCC#N)CC1CCCCN1. The topological polar surface area (TPSA) is 39.1 Å². The van der Waals surface area contributed by atoms with Crippen LogP contribution in [0.3, 0.4) is 0 Å². The van der Waals surface area contributed by atoms with Crippen molar-refractivity contribution in [2.45, 2.75) is 45.6 Å². The summed E-state index contributed by atoms with van der Waals surface area (Å²) in [5.74, 6) is 0.683. The van der Waals surface area contributed by atoms with Crippen molar-refractivity contribution < 1.29 is 0 Å². The predicted molar refractivity (Wildman–Crippen MR) is 67.1 cm³/mol. The van der Waals surface area contributed by atoms with E-state index in [9.17, 15) is 0 Å². The van der Waals surface area contributed by atoms with Crippen molar-refractivity contribution in [3.8, 4) is 6.07 Å². The van der Waals surface area contributed by atoms with Crippen molar-refractivity contribution >= 4 is 0 Å². The lowest BCUT2D eigenvalue weighted by molar-refractivity contribution is 0.208. The van der Waals surface area contributed by atoms with Crippen LogP contribution in [0.4, 0.5) is 0 Å². The largest absolute Gasteiger partial charge is 0.313 e. The Morgan fingerprint density at radius 3 is 2.81 bits per heavy atom. The first-order valence-electron chi connectivity index (χ1n) is 6.55. The maximum Gasteiger partial charge on any atom is 0.0635 e. The van der Waals surface area contributed by atoms with Gasteiger partial charge >= 0.3 is 0 Å². The Balaban J connectivity index is 2.32. The molecule has 1 aliphatic rings. The second kappa shape index (κ2) is 7.65. The van der Waals surface area contributed by atoms with Crippen molar-refractivity contribution in [1.82, 2.24) is 10.2 Å². The highest BCUT2D eigenvalue weighted by molar-refractivity contribution is 4.79. The van der Waals surface area contributed by atoms with E-state index in [0.717, 1.165) is 19.6 Å². The summed E-state index contributed by atoms with van der Waals surface area (Å²) in [6.45, 7) is 8.80. The molecule has 0 aromatic carbocycles. The van der Waals surface area contributed by atoms with E-state index in [1.165, 1.54) is 25.8 Å². The Bertz CT molecular complexity index is 214. The number of hydrogen-bond donors (Lipinski definition) is 1. The van der Waals surface area contributed by atoms with Crippen LogP contribution in [-0.2, 0) is 0 Å². The minimum Gasteiger partial charge on any atom is -0.313 e. The zero-order valence-electron chi connectivity index (χ0n) is 10.7. The van der Waals surface area contributed by atoms with Gasteiger partial charge in [-0.15, -0.1) is 0 Å². The van der Waals surface area contributed by atoms with Crippen LogP contribution in [0.2, 0.25) is 0 Å². The Hall–Kier alpha value is -0.590. The molecule has 0 aliphatic carbocycles. The van der Waals surface area contributed by atoms with E-state index in [-0.39, 0.29) is 0 Å². The molecular formula is C13H25N3. The molecule has 1 unspecified atom stereocenters. The van der Waals surface area contributed by atoms with E-state index in [2.05, 4.69) is 30.1 Å². The molecule has 3 nitrogen and oxygen atoms in total. The average molecular weight is 223 g/mol. The molecule has 92 valence electrons. The van der Waals surface area contributed by atoms with E-state index >= 15 is 0 Å². The number of nitrogens with zero attached hydrogens (tertiary/aromatic N) is 2. The van der Waals surface area contributed by atoms with Crippen molar-refractivity contribution in [2.75, 3.05) is 26.2 Å². The van der Waals surface area contributed by atoms with Crippen LogP contribution in [-0.4, -0.2) is 37.1 Å². The van der Waals surface area contributed by atoms with E-state index in [1.54, 1.807) is 0 Å². The highest BCUT2D eigenvalue weighted by Crippen LogP contribution is 2.10. The molecule has 0 spiro atoms. The third-order valence-corrected chi connectivity index (χ3v) is 3.05. The van der Waals surface area contributed by atoms with Gasteiger partial charge in [0.2, 0.25) is 0 Å².